The second-order valence-corrected chi connectivity index (χ2v) is 7.46. The second-order valence-electron chi connectivity index (χ2n) is 7.46. The molecule has 0 saturated heterocycles. The van der Waals surface area contributed by atoms with E-state index in [0.29, 0.717) is 20.0 Å². The fourth-order valence-electron chi connectivity index (χ4n) is 1.84. The predicted octanol–water partition coefficient (Wildman–Crippen LogP) is 6.20. The van der Waals surface area contributed by atoms with Gasteiger partial charge in [0.15, 0.2) is 23.0 Å². The largest absolute Gasteiger partial charge is 0.486 e. The van der Waals surface area contributed by atoms with Crippen LogP contribution in [0.2, 0.25) is 0 Å². The van der Waals surface area contributed by atoms with Gasteiger partial charge in [0.25, 0.3) is 0 Å². The van der Waals surface area contributed by atoms with E-state index in [1.54, 1.807) is 0 Å². The lowest BCUT2D eigenvalue weighted by molar-refractivity contribution is 0.171. The molecule has 0 aromatic heterocycles. The zero-order valence-corrected chi connectivity index (χ0v) is 17.5. The molecule has 150 valence electrons. The van der Waals surface area contributed by atoms with Crippen LogP contribution in [-0.4, -0.2) is 20.0 Å². The van der Waals surface area contributed by atoms with Gasteiger partial charge in [-0.05, 0) is 36.1 Å². The number of para-hydroxylation sites is 4. The van der Waals surface area contributed by atoms with Crippen molar-refractivity contribution in [2.75, 3.05) is 20.0 Å². The van der Waals surface area contributed by atoms with Crippen LogP contribution in [0.3, 0.4) is 0 Å². The van der Waals surface area contributed by atoms with Crippen molar-refractivity contribution >= 4 is 0 Å². The molecule has 0 bridgehead atoms. The van der Waals surface area contributed by atoms with Crippen LogP contribution < -0.4 is 18.9 Å². The summed E-state index contributed by atoms with van der Waals surface area (Å²) in [5, 5.41) is 0. The maximum absolute atomic E-state index is 5.30. The third kappa shape index (κ3) is 10.4. The summed E-state index contributed by atoms with van der Waals surface area (Å²) in [5.74, 6) is 5.07. The number of ether oxygens (including phenoxy) is 4. The SMILES string of the molecule is CC(C)C.CC(C)C.c1ccc2c(c1)OCCO2.c1ccc2c(c1)OCO2. The van der Waals surface area contributed by atoms with E-state index in [2.05, 4.69) is 41.5 Å². The Morgan fingerprint density at radius 3 is 1.07 bits per heavy atom. The Labute approximate surface area is 164 Å². The normalized spacial score (nSPS) is 12.7. The molecule has 0 unspecified atom stereocenters. The lowest BCUT2D eigenvalue weighted by atomic mass is 10.3. The number of hydrogen-bond acceptors (Lipinski definition) is 4. The summed E-state index contributed by atoms with van der Waals surface area (Å²) < 4.78 is 20.7. The highest BCUT2D eigenvalue weighted by Gasteiger charge is 2.09. The first kappa shape index (κ1) is 22.7. The van der Waals surface area contributed by atoms with Crippen molar-refractivity contribution in [3.63, 3.8) is 0 Å². The van der Waals surface area contributed by atoms with Gasteiger partial charge in [-0.2, -0.15) is 0 Å². The van der Waals surface area contributed by atoms with E-state index in [0.717, 1.165) is 34.8 Å². The van der Waals surface area contributed by atoms with Crippen molar-refractivity contribution in [3.05, 3.63) is 48.5 Å². The van der Waals surface area contributed by atoms with Crippen LogP contribution in [0, 0.1) is 11.8 Å². The molecule has 4 rings (SSSR count). The molecule has 2 aromatic rings. The van der Waals surface area contributed by atoms with Crippen molar-refractivity contribution in [2.45, 2.75) is 41.5 Å². The van der Waals surface area contributed by atoms with Gasteiger partial charge in [-0.1, -0.05) is 65.8 Å². The summed E-state index contributed by atoms with van der Waals surface area (Å²) in [6.45, 7) is 14.7. The minimum Gasteiger partial charge on any atom is -0.486 e. The molecule has 2 aliphatic heterocycles. The maximum Gasteiger partial charge on any atom is 0.231 e. The lowest BCUT2D eigenvalue weighted by Crippen LogP contribution is -2.14. The standard InChI is InChI=1S/C8H8O2.C7H6O2.2C4H10/c1-2-4-8-7(3-1)9-5-6-10-8;1-2-4-7-6(3-1)8-5-9-7;2*1-4(2)3/h1-4H,5-6H2;1-4H,5H2;2*4H,1-3H3. The highest BCUT2D eigenvalue weighted by molar-refractivity contribution is 5.41. The number of benzene rings is 2. The molecule has 0 atom stereocenters. The van der Waals surface area contributed by atoms with Crippen LogP contribution in [0.5, 0.6) is 23.0 Å². The third-order valence-electron chi connectivity index (χ3n) is 2.73. The number of fused-ring (bicyclic) bond motifs is 2. The van der Waals surface area contributed by atoms with E-state index in [1.807, 2.05) is 48.5 Å². The Bertz CT molecular complexity index is 578. The fraction of sp³-hybridized carbons (Fsp3) is 0.478. The van der Waals surface area contributed by atoms with E-state index in [1.165, 1.54) is 0 Å². The molecule has 27 heavy (non-hydrogen) atoms. The number of hydrogen-bond donors (Lipinski definition) is 0. The molecule has 0 N–H and O–H groups in total. The molecule has 2 heterocycles. The first-order valence-electron chi connectivity index (χ1n) is 9.59. The Morgan fingerprint density at radius 2 is 0.778 bits per heavy atom. The Hall–Kier alpha value is -2.36. The third-order valence-corrected chi connectivity index (χ3v) is 2.73. The molecular weight excluding hydrogens is 340 g/mol. The van der Waals surface area contributed by atoms with Crippen molar-refractivity contribution in [3.8, 4) is 23.0 Å². The lowest BCUT2D eigenvalue weighted by Gasteiger charge is -2.17. The Morgan fingerprint density at radius 1 is 0.519 bits per heavy atom. The Kier molecular flexibility index (Phi) is 10.8. The molecule has 0 amide bonds. The van der Waals surface area contributed by atoms with Crippen LogP contribution >= 0.6 is 0 Å². The van der Waals surface area contributed by atoms with Crippen LogP contribution in [0.25, 0.3) is 0 Å². The molecule has 4 heteroatoms. The van der Waals surface area contributed by atoms with E-state index in [-0.39, 0.29) is 0 Å². The van der Waals surface area contributed by atoms with Gasteiger partial charge in [-0.15, -0.1) is 0 Å². The van der Waals surface area contributed by atoms with E-state index >= 15 is 0 Å². The van der Waals surface area contributed by atoms with Gasteiger partial charge in [-0.3, -0.25) is 0 Å². The average Bonchev–Trinajstić information content (AvgIpc) is 3.10. The van der Waals surface area contributed by atoms with Crippen molar-refractivity contribution < 1.29 is 18.9 Å². The van der Waals surface area contributed by atoms with Crippen LogP contribution in [0.1, 0.15) is 41.5 Å². The molecular formula is C23H34O4. The maximum atomic E-state index is 5.30. The highest BCUT2D eigenvalue weighted by Crippen LogP contribution is 2.30. The monoisotopic (exact) mass is 374 g/mol. The minimum absolute atomic E-state index is 0.360. The molecule has 0 fully saturated rings. The quantitative estimate of drug-likeness (QED) is 0.550. The minimum atomic E-state index is 0.360. The molecule has 4 nitrogen and oxygen atoms in total. The molecule has 0 saturated carbocycles. The van der Waals surface area contributed by atoms with Gasteiger partial charge in [0.2, 0.25) is 6.79 Å². The molecule has 0 radical (unpaired) electrons. The van der Waals surface area contributed by atoms with E-state index < -0.39 is 0 Å². The van der Waals surface area contributed by atoms with Gasteiger partial charge < -0.3 is 18.9 Å². The van der Waals surface area contributed by atoms with E-state index in [9.17, 15) is 0 Å². The van der Waals surface area contributed by atoms with Gasteiger partial charge >= 0.3 is 0 Å². The Balaban J connectivity index is 0.000000198. The predicted molar refractivity (Wildman–Crippen MR) is 111 cm³/mol. The molecule has 2 aliphatic rings. The summed E-state index contributed by atoms with van der Waals surface area (Å²) >= 11 is 0. The zero-order chi connectivity index (χ0) is 20.1. The molecule has 0 aliphatic carbocycles. The average molecular weight is 375 g/mol. The summed E-state index contributed by atoms with van der Waals surface area (Å²) in [5.41, 5.74) is 0. The van der Waals surface area contributed by atoms with E-state index in [4.69, 9.17) is 18.9 Å². The summed E-state index contributed by atoms with van der Waals surface area (Å²) in [6, 6.07) is 15.3. The smallest absolute Gasteiger partial charge is 0.231 e. The van der Waals surface area contributed by atoms with Crippen molar-refractivity contribution in [2.24, 2.45) is 11.8 Å². The number of rotatable bonds is 0. The summed E-state index contributed by atoms with van der Waals surface area (Å²) in [6.07, 6.45) is 0. The first-order valence-corrected chi connectivity index (χ1v) is 9.59. The zero-order valence-electron chi connectivity index (χ0n) is 17.5. The van der Waals surface area contributed by atoms with Gasteiger partial charge in [0, 0.05) is 0 Å². The summed E-state index contributed by atoms with van der Waals surface area (Å²) in [4.78, 5) is 0. The fourth-order valence-corrected chi connectivity index (χ4v) is 1.84. The second kappa shape index (κ2) is 12.9. The van der Waals surface area contributed by atoms with Crippen molar-refractivity contribution in [1.82, 2.24) is 0 Å². The first-order chi connectivity index (χ1) is 12.9. The van der Waals surface area contributed by atoms with Crippen molar-refractivity contribution in [1.29, 1.82) is 0 Å². The highest BCUT2D eigenvalue weighted by atomic mass is 16.7. The van der Waals surface area contributed by atoms with Gasteiger partial charge in [0.05, 0.1) is 0 Å². The van der Waals surface area contributed by atoms with Crippen LogP contribution in [0.15, 0.2) is 48.5 Å². The van der Waals surface area contributed by atoms with Crippen LogP contribution in [-0.2, 0) is 0 Å². The summed E-state index contributed by atoms with van der Waals surface area (Å²) in [7, 11) is 0. The van der Waals surface area contributed by atoms with Crippen LogP contribution in [0.4, 0.5) is 0 Å². The van der Waals surface area contributed by atoms with Gasteiger partial charge in [-0.25, -0.2) is 0 Å². The molecule has 2 aromatic carbocycles. The van der Waals surface area contributed by atoms with Gasteiger partial charge in [0.1, 0.15) is 13.2 Å². The topological polar surface area (TPSA) is 36.9 Å². The molecule has 0 spiro atoms.